The Morgan fingerprint density at radius 1 is 1.17 bits per heavy atom. The van der Waals surface area contributed by atoms with Gasteiger partial charge in [0.05, 0.1) is 5.69 Å². The highest BCUT2D eigenvalue weighted by Gasteiger charge is 2.32. The Hall–Kier alpha value is -2.97. The molecule has 0 spiro atoms. The standard InChI is InChI=1S/C21H14BrFN2O3S/c22-13-2-1-3-16(10-13)27-12-18-9-8-17(28-18)11-19-20(26)25(21(29)24-19)15-6-4-14(23)5-7-15/h1-11H,12H2,(H,24,29)/b19-11+. The number of thiocarbonyl (C=S) groups is 1. The van der Waals surface area contributed by atoms with Crippen LogP contribution in [0.5, 0.6) is 5.75 Å². The molecule has 0 radical (unpaired) electrons. The summed E-state index contributed by atoms with van der Waals surface area (Å²) in [5.74, 6) is 1.08. The van der Waals surface area contributed by atoms with E-state index in [1.165, 1.54) is 29.2 Å². The van der Waals surface area contributed by atoms with Gasteiger partial charge in [-0.15, -0.1) is 0 Å². The SMILES string of the molecule is O=C1/C(=C\c2ccc(COc3cccc(Br)c3)o2)NC(=S)N1c1ccc(F)cc1. The van der Waals surface area contributed by atoms with E-state index in [-0.39, 0.29) is 29.1 Å². The highest BCUT2D eigenvalue weighted by atomic mass is 79.9. The zero-order valence-electron chi connectivity index (χ0n) is 14.9. The third kappa shape index (κ3) is 4.38. The van der Waals surface area contributed by atoms with Gasteiger partial charge in [-0.2, -0.15) is 0 Å². The average Bonchev–Trinajstić information content (AvgIpc) is 3.25. The van der Waals surface area contributed by atoms with E-state index in [0.717, 1.165) is 4.47 Å². The van der Waals surface area contributed by atoms with Crippen LogP contribution in [-0.4, -0.2) is 11.0 Å². The molecule has 2 heterocycles. The molecule has 3 aromatic rings. The smallest absolute Gasteiger partial charge is 0.281 e. The predicted octanol–water partition coefficient (Wildman–Crippen LogP) is 5.02. The Labute approximate surface area is 179 Å². The number of anilines is 1. The molecule has 1 aliphatic rings. The van der Waals surface area contributed by atoms with Crippen LogP contribution in [0.2, 0.25) is 0 Å². The fourth-order valence-corrected chi connectivity index (χ4v) is 3.44. The van der Waals surface area contributed by atoms with Gasteiger partial charge in [-0.25, -0.2) is 4.39 Å². The molecule has 1 aliphatic heterocycles. The quantitative estimate of drug-likeness (QED) is 0.417. The first-order valence-electron chi connectivity index (χ1n) is 8.59. The molecule has 1 saturated heterocycles. The third-order valence-corrected chi connectivity index (χ3v) is 4.89. The third-order valence-electron chi connectivity index (χ3n) is 4.11. The summed E-state index contributed by atoms with van der Waals surface area (Å²) in [7, 11) is 0. The van der Waals surface area contributed by atoms with E-state index in [4.69, 9.17) is 21.4 Å². The van der Waals surface area contributed by atoms with Crippen molar-refractivity contribution in [3.8, 4) is 5.75 Å². The zero-order chi connectivity index (χ0) is 20.4. The van der Waals surface area contributed by atoms with Gasteiger partial charge in [0.15, 0.2) is 5.11 Å². The first kappa shape index (κ1) is 19.4. The summed E-state index contributed by atoms with van der Waals surface area (Å²) >= 11 is 8.64. The molecule has 1 amide bonds. The van der Waals surface area contributed by atoms with E-state index in [9.17, 15) is 9.18 Å². The van der Waals surface area contributed by atoms with E-state index in [0.29, 0.717) is 23.0 Å². The maximum absolute atomic E-state index is 13.1. The van der Waals surface area contributed by atoms with Gasteiger partial charge in [-0.3, -0.25) is 9.69 Å². The molecule has 146 valence electrons. The van der Waals surface area contributed by atoms with E-state index in [2.05, 4.69) is 21.2 Å². The number of hydrogen-bond acceptors (Lipinski definition) is 4. The van der Waals surface area contributed by atoms with E-state index < -0.39 is 0 Å². The zero-order valence-corrected chi connectivity index (χ0v) is 17.3. The summed E-state index contributed by atoms with van der Waals surface area (Å²) in [6.07, 6.45) is 1.57. The Kier molecular flexibility index (Phi) is 5.46. The molecule has 0 aliphatic carbocycles. The average molecular weight is 473 g/mol. The summed E-state index contributed by atoms with van der Waals surface area (Å²) in [5, 5.41) is 3.09. The van der Waals surface area contributed by atoms with Gasteiger partial charge in [-0.1, -0.05) is 22.0 Å². The van der Waals surface area contributed by atoms with Crippen LogP contribution in [0.15, 0.2) is 75.3 Å². The van der Waals surface area contributed by atoms with Crippen LogP contribution in [0.4, 0.5) is 10.1 Å². The largest absolute Gasteiger partial charge is 0.486 e. The maximum atomic E-state index is 13.1. The van der Waals surface area contributed by atoms with Crippen molar-refractivity contribution in [1.29, 1.82) is 0 Å². The Bertz CT molecular complexity index is 1110. The number of nitrogens with zero attached hydrogens (tertiary/aromatic N) is 1. The van der Waals surface area contributed by atoms with E-state index in [1.807, 2.05) is 24.3 Å². The number of nitrogens with one attached hydrogen (secondary N) is 1. The molecule has 4 rings (SSSR count). The molecule has 1 aromatic heterocycles. The van der Waals surface area contributed by atoms with Crippen molar-refractivity contribution in [1.82, 2.24) is 5.32 Å². The van der Waals surface area contributed by atoms with E-state index in [1.54, 1.807) is 18.2 Å². The van der Waals surface area contributed by atoms with Gasteiger partial charge in [0.1, 0.15) is 35.4 Å². The number of halogens is 2. The van der Waals surface area contributed by atoms with Crippen LogP contribution in [0.1, 0.15) is 11.5 Å². The molecule has 8 heteroatoms. The van der Waals surface area contributed by atoms with Crippen molar-refractivity contribution in [2.45, 2.75) is 6.61 Å². The molecule has 5 nitrogen and oxygen atoms in total. The highest BCUT2D eigenvalue weighted by Crippen LogP contribution is 2.24. The van der Waals surface area contributed by atoms with Crippen LogP contribution >= 0.6 is 28.1 Å². The van der Waals surface area contributed by atoms with Crippen molar-refractivity contribution in [2.75, 3.05) is 4.90 Å². The van der Waals surface area contributed by atoms with Gasteiger partial charge < -0.3 is 14.5 Å². The fraction of sp³-hybridized carbons (Fsp3) is 0.0476. The summed E-state index contributed by atoms with van der Waals surface area (Å²) < 4.78 is 25.5. The Morgan fingerprint density at radius 2 is 1.97 bits per heavy atom. The lowest BCUT2D eigenvalue weighted by Crippen LogP contribution is -2.30. The molecule has 1 fully saturated rings. The van der Waals surface area contributed by atoms with Crippen molar-refractivity contribution < 1.29 is 18.3 Å². The minimum Gasteiger partial charge on any atom is -0.486 e. The minimum absolute atomic E-state index is 0.220. The number of amides is 1. The van der Waals surface area contributed by atoms with Gasteiger partial charge >= 0.3 is 0 Å². The summed E-state index contributed by atoms with van der Waals surface area (Å²) in [4.78, 5) is 14.0. The molecule has 0 unspecified atom stereocenters. The lowest BCUT2D eigenvalue weighted by atomic mass is 10.2. The molecule has 29 heavy (non-hydrogen) atoms. The number of rotatable bonds is 5. The van der Waals surface area contributed by atoms with Crippen molar-refractivity contribution in [2.24, 2.45) is 0 Å². The summed E-state index contributed by atoms with van der Waals surface area (Å²) in [6, 6.07) is 16.6. The maximum Gasteiger partial charge on any atom is 0.281 e. The van der Waals surface area contributed by atoms with Crippen LogP contribution in [0, 0.1) is 5.82 Å². The molecule has 1 N–H and O–H groups in total. The second-order valence-corrected chi connectivity index (χ2v) is 7.46. The Morgan fingerprint density at radius 3 is 2.72 bits per heavy atom. The number of ether oxygens (including phenoxy) is 1. The lowest BCUT2D eigenvalue weighted by Gasteiger charge is -2.13. The molecule has 2 aromatic carbocycles. The van der Waals surface area contributed by atoms with Crippen LogP contribution in [-0.2, 0) is 11.4 Å². The molecular formula is C21H14BrFN2O3S. The molecule has 0 saturated carbocycles. The predicted molar refractivity (Wildman–Crippen MR) is 115 cm³/mol. The van der Waals surface area contributed by atoms with Crippen molar-refractivity contribution >= 4 is 50.9 Å². The van der Waals surface area contributed by atoms with Gasteiger partial charge in [-0.05, 0) is 66.8 Å². The number of furan rings is 1. The van der Waals surface area contributed by atoms with Crippen molar-refractivity contribution in [3.05, 3.63) is 88.2 Å². The number of benzene rings is 2. The topological polar surface area (TPSA) is 54.7 Å². The van der Waals surface area contributed by atoms with Crippen LogP contribution < -0.4 is 15.0 Å². The second-order valence-electron chi connectivity index (χ2n) is 6.16. The van der Waals surface area contributed by atoms with Gasteiger partial charge in [0.25, 0.3) is 5.91 Å². The van der Waals surface area contributed by atoms with Crippen LogP contribution in [0.3, 0.4) is 0 Å². The molecular weight excluding hydrogens is 459 g/mol. The summed E-state index contributed by atoms with van der Waals surface area (Å²) in [6.45, 7) is 0.251. The molecule has 0 atom stereocenters. The fourth-order valence-electron chi connectivity index (χ4n) is 2.76. The number of carbonyl (C=O) groups excluding carboxylic acids is 1. The Balaban J connectivity index is 1.46. The first-order valence-corrected chi connectivity index (χ1v) is 9.79. The normalized spacial score (nSPS) is 15.1. The monoisotopic (exact) mass is 472 g/mol. The van der Waals surface area contributed by atoms with Crippen LogP contribution in [0.25, 0.3) is 6.08 Å². The van der Waals surface area contributed by atoms with Gasteiger partial charge in [0, 0.05) is 10.5 Å². The number of carbonyl (C=O) groups is 1. The van der Waals surface area contributed by atoms with Gasteiger partial charge in [0.2, 0.25) is 0 Å². The highest BCUT2D eigenvalue weighted by molar-refractivity contribution is 9.10. The lowest BCUT2D eigenvalue weighted by molar-refractivity contribution is -0.113. The number of hydrogen-bond donors (Lipinski definition) is 1. The van der Waals surface area contributed by atoms with Crippen molar-refractivity contribution in [3.63, 3.8) is 0 Å². The molecule has 0 bridgehead atoms. The summed E-state index contributed by atoms with van der Waals surface area (Å²) in [5.41, 5.74) is 0.757. The first-order chi connectivity index (χ1) is 14.0. The second kappa shape index (κ2) is 8.18. The minimum atomic E-state index is -0.386. The van der Waals surface area contributed by atoms with E-state index >= 15 is 0 Å².